The van der Waals surface area contributed by atoms with E-state index >= 15 is 0 Å². The van der Waals surface area contributed by atoms with Crippen molar-refractivity contribution < 1.29 is 4.79 Å². The highest BCUT2D eigenvalue weighted by Gasteiger charge is 2.21. The normalized spacial score (nSPS) is 16.3. The van der Waals surface area contributed by atoms with Crippen molar-refractivity contribution in [3.8, 4) is 0 Å². The molecule has 0 aliphatic carbocycles. The molecule has 1 saturated heterocycles. The number of carbonyl (C=O) groups is 1. The van der Waals surface area contributed by atoms with Crippen LogP contribution in [0, 0.1) is 0 Å². The second-order valence-electron chi connectivity index (χ2n) is 6.81. The predicted octanol–water partition coefficient (Wildman–Crippen LogP) is 3.21. The van der Waals surface area contributed by atoms with Crippen molar-refractivity contribution in [1.29, 1.82) is 0 Å². The molecule has 138 valence electrons. The highest BCUT2D eigenvalue weighted by Crippen LogP contribution is 2.16. The van der Waals surface area contributed by atoms with Crippen LogP contribution in [0.1, 0.15) is 12.5 Å². The van der Waals surface area contributed by atoms with Gasteiger partial charge in [0.2, 0.25) is 5.91 Å². The lowest BCUT2D eigenvalue weighted by Crippen LogP contribution is -2.52. The summed E-state index contributed by atoms with van der Waals surface area (Å²) in [5, 5.41) is 3.75. The van der Waals surface area contributed by atoms with Crippen LogP contribution in [0.3, 0.4) is 0 Å². The lowest BCUT2D eigenvalue weighted by atomic mass is 10.1. The number of nitrogens with zero attached hydrogens (tertiary/aromatic N) is 2. The van der Waals surface area contributed by atoms with E-state index in [1.807, 2.05) is 24.3 Å². The van der Waals surface area contributed by atoms with E-state index in [0.717, 1.165) is 31.7 Å². The van der Waals surface area contributed by atoms with Gasteiger partial charge >= 0.3 is 0 Å². The smallest absolute Gasteiger partial charge is 0.224 e. The average Bonchev–Trinajstić information content (AvgIpc) is 2.69. The molecule has 0 radical (unpaired) electrons. The molecule has 4 nitrogen and oxygen atoms in total. The van der Waals surface area contributed by atoms with Crippen molar-refractivity contribution in [2.24, 2.45) is 0 Å². The third-order valence-corrected chi connectivity index (χ3v) is 5.18. The van der Waals surface area contributed by atoms with Crippen LogP contribution >= 0.6 is 11.6 Å². The maximum atomic E-state index is 12.2. The summed E-state index contributed by atoms with van der Waals surface area (Å²) in [6.45, 7) is 6.94. The Balaban J connectivity index is 1.40. The summed E-state index contributed by atoms with van der Waals surface area (Å²) in [5.74, 6) is 0.0575. The minimum absolute atomic E-state index is 0.0575. The number of rotatable bonds is 6. The molecule has 0 saturated carbocycles. The van der Waals surface area contributed by atoms with Gasteiger partial charge in [-0.05, 0) is 36.8 Å². The van der Waals surface area contributed by atoms with Gasteiger partial charge in [-0.15, -0.1) is 0 Å². The van der Waals surface area contributed by atoms with Gasteiger partial charge in [-0.3, -0.25) is 9.69 Å². The van der Waals surface area contributed by atoms with Gasteiger partial charge in [-0.1, -0.05) is 41.9 Å². The SMILES string of the molecule is CC(CNC(=O)Cc1ccc(Cl)cc1)N1CCN(c2ccccc2)CC1. The van der Waals surface area contributed by atoms with E-state index in [2.05, 4.69) is 52.4 Å². The first-order valence-corrected chi connectivity index (χ1v) is 9.55. The molecule has 2 aromatic carbocycles. The van der Waals surface area contributed by atoms with E-state index in [4.69, 9.17) is 11.6 Å². The van der Waals surface area contributed by atoms with Gasteiger partial charge in [0.25, 0.3) is 0 Å². The number of para-hydroxylation sites is 1. The molecular weight excluding hydrogens is 346 g/mol. The largest absolute Gasteiger partial charge is 0.369 e. The topological polar surface area (TPSA) is 35.6 Å². The zero-order valence-electron chi connectivity index (χ0n) is 15.2. The number of halogens is 1. The average molecular weight is 372 g/mol. The fourth-order valence-corrected chi connectivity index (χ4v) is 3.43. The molecule has 0 spiro atoms. The highest BCUT2D eigenvalue weighted by molar-refractivity contribution is 6.30. The molecule has 3 rings (SSSR count). The van der Waals surface area contributed by atoms with E-state index in [1.165, 1.54) is 5.69 Å². The summed E-state index contributed by atoms with van der Waals surface area (Å²) < 4.78 is 0. The number of hydrogen-bond donors (Lipinski definition) is 1. The Morgan fingerprint density at radius 3 is 2.35 bits per heavy atom. The van der Waals surface area contributed by atoms with Crippen LogP contribution in [-0.4, -0.2) is 49.6 Å². The van der Waals surface area contributed by atoms with Crippen molar-refractivity contribution in [3.63, 3.8) is 0 Å². The Labute approximate surface area is 160 Å². The molecule has 1 fully saturated rings. The molecule has 1 aliphatic rings. The van der Waals surface area contributed by atoms with Crippen molar-refractivity contribution >= 4 is 23.2 Å². The fourth-order valence-electron chi connectivity index (χ4n) is 3.30. The van der Waals surface area contributed by atoms with E-state index in [9.17, 15) is 4.79 Å². The van der Waals surface area contributed by atoms with Crippen LogP contribution in [0.5, 0.6) is 0 Å². The number of carbonyl (C=O) groups excluding carboxylic acids is 1. The first-order chi connectivity index (χ1) is 12.6. The van der Waals surface area contributed by atoms with Gasteiger partial charge in [0, 0.05) is 49.5 Å². The van der Waals surface area contributed by atoms with Crippen molar-refractivity contribution in [1.82, 2.24) is 10.2 Å². The van der Waals surface area contributed by atoms with Crippen LogP contribution in [-0.2, 0) is 11.2 Å². The lowest BCUT2D eigenvalue weighted by molar-refractivity contribution is -0.120. The van der Waals surface area contributed by atoms with Crippen LogP contribution in [0.15, 0.2) is 54.6 Å². The quantitative estimate of drug-likeness (QED) is 0.846. The Morgan fingerprint density at radius 1 is 1.04 bits per heavy atom. The Morgan fingerprint density at radius 2 is 1.69 bits per heavy atom. The van der Waals surface area contributed by atoms with Gasteiger partial charge in [0.05, 0.1) is 6.42 Å². The van der Waals surface area contributed by atoms with Crippen LogP contribution in [0.25, 0.3) is 0 Å². The highest BCUT2D eigenvalue weighted by atomic mass is 35.5. The first-order valence-electron chi connectivity index (χ1n) is 9.17. The molecule has 1 amide bonds. The van der Waals surface area contributed by atoms with E-state index in [-0.39, 0.29) is 5.91 Å². The van der Waals surface area contributed by atoms with Crippen molar-refractivity contribution in [2.75, 3.05) is 37.6 Å². The number of anilines is 1. The second-order valence-corrected chi connectivity index (χ2v) is 7.25. The first kappa shape index (κ1) is 18.7. The Kier molecular flexibility index (Phi) is 6.53. The minimum atomic E-state index is 0.0575. The number of benzene rings is 2. The number of amides is 1. The molecular formula is C21H26ClN3O. The van der Waals surface area contributed by atoms with E-state index in [1.54, 1.807) is 0 Å². The van der Waals surface area contributed by atoms with Crippen LogP contribution in [0.2, 0.25) is 5.02 Å². The van der Waals surface area contributed by atoms with Crippen molar-refractivity contribution in [3.05, 3.63) is 65.2 Å². The molecule has 0 bridgehead atoms. The zero-order chi connectivity index (χ0) is 18.4. The molecule has 5 heteroatoms. The molecule has 1 unspecified atom stereocenters. The lowest BCUT2D eigenvalue weighted by Gasteiger charge is -2.39. The summed E-state index contributed by atoms with van der Waals surface area (Å²) in [4.78, 5) is 17.0. The van der Waals surface area contributed by atoms with E-state index < -0.39 is 0 Å². The molecule has 26 heavy (non-hydrogen) atoms. The monoisotopic (exact) mass is 371 g/mol. The van der Waals surface area contributed by atoms with Gasteiger partial charge in [-0.2, -0.15) is 0 Å². The predicted molar refractivity (Wildman–Crippen MR) is 108 cm³/mol. The third kappa shape index (κ3) is 5.23. The molecule has 2 aromatic rings. The van der Waals surface area contributed by atoms with Gasteiger partial charge in [0.15, 0.2) is 0 Å². The summed E-state index contributed by atoms with van der Waals surface area (Å²) in [6, 6.07) is 18.3. The fraction of sp³-hybridized carbons (Fsp3) is 0.381. The number of nitrogens with one attached hydrogen (secondary N) is 1. The third-order valence-electron chi connectivity index (χ3n) is 4.93. The molecule has 1 aliphatic heterocycles. The Bertz CT molecular complexity index is 697. The maximum absolute atomic E-state index is 12.2. The van der Waals surface area contributed by atoms with Gasteiger partial charge < -0.3 is 10.2 Å². The zero-order valence-corrected chi connectivity index (χ0v) is 16.0. The molecule has 0 aromatic heterocycles. The standard InChI is InChI=1S/C21H26ClN3O/c1-17(16-23-21(26)15-18-7-9-19(22)10-8-18)24-11-13-25(14-12-24)20-5-3-2-4-6-20/h2-10,17H,11-16H2,1H3,(H,23,26). The molecule has 1 N–H and O–H groups in total. The summed E-state index contributed by atoms with van der Waals surface area (Å²) in [5.41, 5.74) is 2.27. The molecule has 1 atom stereocenters. The maximum Gasteiger partial charge on any atom is 0.224 e. The number of hydrogen-bond acceptors (Lipinski definition) is 3. The van der Waals surface area contributed by atoms with Gasteiger partial charge in [0.1, 0.15) is 0 Å². The second kappa shape index (κ2) is 9.06. The minimum Gasteiger partial charge on any atom is -0.369 e. The number of piperazine rings is 1. The van der Waals surface area contributed by atoms with E-state index in [0.29, 0.717) is 24.0 Å². The van der Waals surface area contributed by atoms with Crippen LogP contribution < -0.4 is 10.2 Å². The summed E-state index contributed by atoms with van der Waals surface area (Å²) in [7, 11) is 0. The van der Waals surface area contributed by atoms with Gasteiger partial charge in [-0.25, -0.2) is 0 Å². The van der Waals surface area contributed by atoms with Crippen molar-refractivity contribution in [2.45, 2.75) is 19.4 Å². The van der Waals surface area contributed by atoms with Crippen LogP contribution in [0.4, 0.5) is 5.69 Å². The summed E-state index contributed by atoms with van der Waals surface area (Å²) in [6.07, 6.45) is 0.395. The molecule has 1 heterocycles. The summed E-state index contributed by atoms with van der Waals surface area (Å²) >= 11 is 5.88. The Hall–Kier alpha value is -2.04.